The molecule has 0 radical (unpaired) electrons. The third-order valence-electron chi connectivity index (χ3n) is 2.96. The highest BCUT2D eigenvalue weighted by Gasteiger charge is 2.45. The Morgan fingerprint density at radius 1 is 1.33 bits per heavy atom. The molecule has 1 aromatic rings. The highest BCUT2D eigenvalue weighted by Crippen LogP contribution is 2.41. The van der Waals surface area contributed by atoms with Crippen LogP contribution in [0.3, 0.4) is 0 Å². The molecule has 2 rings (SSSR count). The summed E-state index contributed by atoms with van der Waals surface area (Å²) in [6.07, 6.45) is 0.512. The van der Waals surface area contributed by atoms with Crippen molar-refractivity contribution in [3.8, 4) is 0 Å². The van der Waals surface area contributed by atoms with E-state index in [1.165, 1.54) is 12.1 Å². The summed E-state index contributed by atoms with van der Waals surface area (Å²) in [5.74, 6) is -1.16. The molecular weight excluding hydrogens is 200 g/mol. The fourth-order valence-electron chi connectivity index (χ4n) is 2.07. The Hall–Kier alpha value is -1.29. The fourth-order valence-corrected chi connectivity index (χ4v) is 2.07. The van der Waals surface area contributed by atoms with Crippen LogP contribution in [0.5, 0.6) is 0 Å². The van der Waals surface area contributed by atoms with Gasteiger partial charge < -0.3 is 5.73 Å². The number of ketones is 1. The average molecular weight is 211 g/mol. The highest BCUT2D eigenvalue weighted by atomic mass is 19.1. The molecule has 1 aromatic carbocycles. The first-order valence-electron chi connectivity index (χ1n) is 4.75. The molecule has 1 aliphatic rings. The molecule has 2 nitrogen and oxygen atoms in total. The van der Waals surface area contributed by atoms with Crippen LogP contribution in [0, 0.1) is 11.6 Å². The van der Waals surface area contributed by atoms with Crippen LogP contribution in [0.4, 0.5) is 8.78 Å². The van der Waals surface area contributed by atoms with E-state index in [4.69, 9.17) is 5.73 Å². The SMILES string of the molecule is NCC1(c2ccc(F)cc2F)CC(=O)C1. The van der Waals surface area contributed by atoms with E-state index in [0.717, 1.165) is 6.07 Å². The van der Waals surface area contributed by atoms with Crippen molar-refractivity contribution < 1.29 is 13.6 Å². The third kappa shape index (κ3) is 1.55. The van der Waals surface area contributed by atoms with E-state index in [2.05, 4.69) is 0 Å². The minimum atomic E-state index is -0.618. The van der Waals surface area contributed by atoms with E-state index in [-0.39, 0.29) is 25.2 Å². The maximum Gasteiger partial charge on any atom is 0.134 e. The molecule has 0 amide bonds. The maximum absolute atomic E-state index is 13.5. The molecule has 0 saturated heterocycles. The molecule has 0 spiro atoms. The molecular formula is C11H11F2NO. The molecule has 1 saturated carbocycles. The lowest BCUT2D eigenvalue weighted by Crippen LogP contribution is -2.48. The number of hydrogen-bond donors (Lipinski definition) is 1. The van der Waals surface area contributed by atoms with E-state index in [0.29, 0.717) is 5.56 Å². The van der Waals surface area contributed by atoms with Crippen LogP contribution in [0.1, 0.15) is 18.4 Å². The second-order valence-corrected chi connectivity index (χ2v) is 4.00. The zero-order chi connectivity index (χ0) is 11.1. The Morgan fingerprint density at radius 2 is 2.00 bits per heavy atom. The summed E-state index contributed by atoms with van der Waals surface area (Å²) in [6, 6.07) is 3.40. The van der Waals surface area contributed by atoms with Crippen LogP contribution in [0.15, 0.2) is 18.2 Å². The first kappa shape index (κ1) is 10.2. The first-order valence-corrected chi connectivity index (χ1v) is 4.75. The normalized spacial score (nSPS) is 18.7. The summed E-state index contributed by atoms with van der Waals surface area (Å²) in [6.45, 7) is 0.210. The number of halogens is 2. The van der Waals surface area contributed by atoms with Crippen molar-refractivity contribution in [2.24, 2.45) is 5.73 Å². The minimum Gasteiger partial charge on any atom is -0.330 e. The largest absolute Gasteiger partial charge is 0.330 e. The van der Waals surface area contributed by atoms with Gasteiger partial charge in [0.1, 0.15) is 17.4 Å². The number of carbonyl (C=O) groups excluding carboxylic acids is 1. The lowest BCUT2D eigenvalue weighted by Gasteiger charge is -2.40. The van der Waals surface area contributed by atoms with Gasteiger partial charge in [-0.3, -0.25) is 4.79 Å². The first-order chi connectivity index (χ1) is 7.07. The molecule has 0 aromatic heterocycles. The summed E-state index contributed by atoms with van der Waals surface area (Å²) in [5.41, 5.74) is 5.31. The van der Waals surface area contributed by atoms with Gasteiger partial charge in [-0.25, -0.2) is 8.78 Å². The molecule has 1 fully saturated rings. The van der Waals surface area contributed by atoms with Crippen molar-refractivity contribution in [2.75, 3.05) is 6.54 Å². The Morgan fingerprint density at radius 3 is 2.47 bits per heavy atom. The summed E-state index contributed by atoms with van der Waals surface area (Å²) >= 11 is 0. The van der Waals surface area contributed by atoms with Crippen molar-refractivity contribution in [3.63, 3.8) is 0 Å². The highest BCUT2D eigenvalue weighted by molar-refractivity contribution is 5.88. The van der Waals surface area contributed by atoms with E-state index in [1.807, 2.05) is 0 Å². The molecule has 1 aliphatic carbocycles. The zero-order valence-corrected chi connectivity index (χ0v) is 8.09. The van der Waals surface area contributed by atoms with Crippen LogP contribution in [0.25, 0.3) is 0 Å². The van der Waals surface area contributed by atoms with Crippen LogP contribution in [-0.2, 0) is 10.2 Å². The molecule has 80 valence electrons. The van der Waals surface area contributed by atoms with Crippen molar-refractivity contribution in [1.29, 1.82) is 0 Å². The summed E-state index contributed by atoms with van der Waals surface area (Å²) in [7, 11) is 0. The van der Waals surface area contributed by atoms with E-state index < -0.39 is 17.0 Å². The van der Waals surface area contributed by atoms with Crippen LogP contribution >= 0.6 is 0 Å². The van der Waals surface area contributed by atoms with Gasteiger partial charge in [-0.2, -0.15) is 0 Å². The van der Waals surface area contributed by atoms with Gasteiger partial charge >= 0.3 is 0 Å². The van der Waals surface area contributed by atoms with Crippen molar-refractivity contribution in [3.05, 3.63) is 35.4 Å². The smallest absolute Gasteiger partial charge is 0.134 e. The van der Waals surface area contributed by atoms with E-state index in [9.17, 15) is 13.6 Å². The van der Waals surface area contributed by atoms with Crippen LogP contribution in [-0.4, -0.2) is 12.3 Å². The predicted molar refractivity (Wildman–Crippen MR) is 51.3 cm³/mol. The standard InChI is InChI=1S/C11H11F2NO/c12-7-1-2-9(10(13)3-7)11(6-14)4-8(15)5-11/h1-3H,4-6,14H2. The second kappa shape index (κ2) is 3.38. The fraction of sp³-hybridized carbons (Fsp3) is 0.364. The molecule has 4 heteroatoms. The van der Waals surface area contributed by atoms with E-state index in [1.54, 1.807) is 0 Å². The van der Waals surface area contributed by atoms with Gasteiger partial charge in [0.25, 0.3) is 0 Å². The van der Waals surface area contributed by atoms with Crippen molar-refractivity contribution >= 4 is 5.78 Å². The van der Waals surface area contributed by atoms with Gasteiger partial charge in [-0.05, 0) is 11.6 Å². The lowest BCUT2D eigenvalue weighted by atomic mass is 9.63. The van der Waals surface area contributed by atoms with Crippen molar-refractivity contribution in [1.82, 2.24) is 0 Å². The molecule has 0 heterocycles. The van der Waals surface area contributed by atoms with Gasteiger partial charge in [0.05, 0.1) is 0 Å². The van der Waals surface area contributed by atoms with Gasteiger partial charge in [0.2, 0.25) is 0 Å². The molecule has 0 aliphatic heterocycles. The third-order valence-corrected chi connectivity index (χ3v) is 2.96. The second-order valence-electron chi connectivity index (χ2n) is 4.00. The minimum absolute atomic E-state index is 0.0733. The number of hydrogen-bond acceptors (Lipinski definition) is 2. The Kier molecular flexibility index (Phi) is 2.31. The molecule has 2 N–H and O–H groups in total. The van der Waals surface area contributed by atoms with Crippen LogP contribution in [0.2, 0.25) is 0 Å². The van der Waals surface area contributed by atoms with Gasteiger partial charge in [0, 0.05) is 30.9 Å². The summed E-state index contributed by atoms with van der Waals surface area (Å²) < 4.78 is 26.2. The monoisotopic (exact) mass is 211 g/mol. The van der Waals surface area contributed by atoms with Gasteiger partial charge in [-0.1, -0.05) is 6.07 Å². The number of nitrogens with two attached hydrogens (primary N) is 1. The topological polar surface area (TPSA) is 43.1 Å². The maximum atomic E-state index is 13.5. The van der Waals surface area contributed by atoms with Crippen LogP contribution < -0.4 is 5.73 Å². The molecule has 0 atom stereocenters. The zero-order valence-electron chi connectivity index (χ0n) is 8.09. The molecule has 0 bridgehead atoms. The average Bonchev–Trinajstić information content (AvgIpc) is 2.13. The Balaban J connectivity index is 2.40. The predicted octanol–water partition coefficient (Wildman–Crippen LogP) is 1.52. The summed E-state index contributed by atoms with van der Waals surface area (Å²) in [5, 5.41) is 0. The number of benzene rings is 1. The van der Waals surface area contributed by atoms with Crippen molar-refractivity contribution in [2.45, 2.75) is 18.3 Å². The molecule has 15 heavy (non-hydrogen) atoms. The summed E-state index contributed by atoms with van der Waals surface area (Å²) in [4.78, 5) is 11.0. The van der Waals surface area contributed by atoms with Gasteiger partial charge in [-0.15, -0.1) is 0 Å². The Labute approximate surface area is 86.1 Å². The molecule has 0 unspecified atom stereocenters. The Bertz CT molecular complexity index is 409. The number of Topliss-reactive ketones (excluding diaryl/α,β-unsaturated/α-hetero) is 1. The van der Waals surface area contributed by atoms with E-state index >= 15 is 0 Å². The number of rotatable bonds is 2. The lowest BCUT2D eigenvalue weighted by molar-refractivity contribution is -0.128. The quantitative estimate of drug-likeness (QED) is 0.806. The number of carbonyl (C=O) groups is 1. The van der Waals surface area contributed by atoms with Gasteiger partial charge in [0.15, 0.2) is 0 Å².